The van der Waals surface area contributed by atoms with Crippen molar-refractivity contribution in [3.05, 3.63) is 77.5 Å². The number of nitrogens with one attached hydrogen (secondary N) is 1. The highest BCUT2D eigenvalue weighted by molar-refractivity contribution is 6.33. The van der Waals surface area contributed by atoms with Crippen LogP contribution in [-0.2, 0) is 0 Å². The smallest absolute Gasteiger partial charge is 0.159 e. The summed E-state index contributed by atoms with van der Waals surface area (Å²) in [5.74, 6) is 0.549. The molecule has 0 amide bonds. The van der Waals surface area contributed by atoms with E-state index < -0.39 is 0 Å². The van der Waals surface area contributed by atoms with Gasteiger partial charge in [-0.3, -0.25) is 10.3 Å². The van der Waals surface area contributed by atoms with E-state index in [1.54, 1.807) is 4.90 Å². The highest BCUT2D eigenvalue weighted by Crippen LogP contribution is 2.28. The molecule has 23 heavy (non-hydrogen) atoms. The first kappa shape index (κ1) is 14.2. The molecule has 1 heterocycles. The van der Waals surface area contributed by atoms with Gasteiger partial charge >= 0.3 is 0 Å². The monoisotopic (exact) mass is 297 g/mol. The van der Waals surface area contributed by atoms with Crippen molar-refractivity contribution in [2.45, 2.75) is 0 Å². The third kappa shape index (κ3) is 2.48. The summed E-state index contributed by atoms with van der Waals surface area (Å²) in [5, 5.41) is 26.6. The Bertz CT molecular complexity index is 880. The van der Waals surface area contributed by atoms with Crippen LogP contribution in [0.25, 0.3) is 0 Å². The molecule has 1 aliphatic heterocycles. The number of aliphatic imine (C=N–C) groups is 1. The first-order chi connectivity index (χ1) is 11.3. The first-order valence-corrected chi connectivity index (χ1v) is 6.89. The molecule has 0 atom stereocenters. The van der Waals surface area contributed by atoms with E-state index in [-0.39, 0.29) is 17.1 Å². The van der Waals surface area contributed by atoms with Crippen LogP contribution in [0.1, 0.15) is 5.56 Å². The van der Waals surface area contributed by atoms with Gasteiger partial charge in [0.25, 0.3) is 0 Å². The van der Waals surface area contributed by atoms with Gasteiger partial charge in [0, 0.05) is 11.3 Å². The highest BCUT2D eigenvalue weighted by atomic mass is 15.3. The van der Waals surface area contributed by atoms with Crippen LogP contribution in [0.5, 0.6) is 0 Å². The molecule has 0 saturated heterocycles. The zero-order valence-corrected chi connectivity index (χ0v) is 12.1. The molecule has 5 nitrogen and oxygen atoms in total. The van der Waals surface area contributed by atoms with Gasteiger partial charge in [-0.1, -0.05) is 48.5 Å². The Hall–Kier alpha value is -3.70. The number of allylic oxidation sites excluding steroid dienone is 1. The lowest BCUT2D eigenvalue weighted by Crippen LogP contribution is -2.32. The number of nitriles is 2. The quantitative estimate of drug-likeness (QED) is 0.863. The maximum atomic E-state index is 9.10. The molecule has 5 heteroatoms. The third-order valence-electron chi connectivity index (χ3n) is 3.38. The summed E-state index contributed by atoms with van der Waals surface area (Å²) in [4.78, 5) is 6.03. The second-order valence-electron chi connectivity index (χ2n) is 4.77. The molecule has 2 aromatic rings. The SMILES string of the molecule is N#CC(C#N)=C1N=C(c2ccccc2)N(c2ccccc2)C1=N. The molecule has 1 N–H and O–H groups in total. The van der Waals surface area contributed by atoms with Crippen LogP contribution in [0.15, 0.2) is 76.9 Å². The van der Waals surface area contributed by atoms with E-state index in [1.807, 2.05) is 72.8 Å². The largest absolute Gasteiger partial charge is 0.282 e. The second kappa shape index (κ2) is 5.97. The van der Waals surface area contributed by atoms with Gasteiger partial charge in [0.05, 0.1) is 0 Å². The van der Waals surface area contributed by atoms with E-state index in [4.69, 9.17) is 15.9 Å². The molecule has 1 aliphatic rings. The number of para-hydroxylation sites is 1. The fraction of sp³-hybridized carbons (Fsp3) is 0. The number of nitrogens with zero attached hydrogens (tertiary/aromatic N) is 4. The summed E-state index contributed by atoms with van der Waals surface area (Å²) in [6, 6.07) is 22.3. The molecular formula is C18H11N5. The average Bonchev–Trinajstić information content (AvgIpc) is 2.95. The van der Waals surface area contributed by atoms with E-state index >= 15 is 0 Å². The van der Waals surface area contributed by atoms with Gasteiger partial charge < -0.3 is 0 Å². The Morgan fingerprint density at radius 2 is 1.48 bits per heavy atom. The third-order valence-corrected chi connectivity index (χ3v) is 3.38. The minimum absolute atomic E-state index is 0.0214. The van der Waals surface area contributed by atoms with Gasteiger partial charge in [-0.2, -0.15) is 10.5 Å². The van der Waals surface area contributed by atoms with Crippen LogP contribution in [0.3, 0.4) is 0 Å². The summed E-state index contributed by atoms with van der Waals surface area (Å²) in [6.45, 7) is 0. The lowest BCUT2D eigenvalue weighted by atomic mass is 10.1. The predicted octanol–water partition coefficient (Wildman–Crippen LogP) is 3.23. The van der Waals surface area contributed by atoms with Gasteiger partial charge in [-0.25, -0.2) is 4.99 Å². The van der Waals surface area contributed by atoms with E-state index in [2.05, 4.69) is 4.99 Å². The second-order valence-corrected chi connectivity index (χ2v) is 4.77. The van der Waals surface area contributed by atoms with E-state index in [0.29, 0.717) is 5.84 Å². The van der Waals surface area contributed by atoms with Crippen molar-refractivity contribution in [1.82, 2.24) is 0 Å². The van der Waals surface area contributed by atoms with Gasteiger partial charge in [0.15, 0.2) is 11.4 Å². The van der Waals surface area contributed by atoms with Crippen molar-refractivity contribution in [3.63, 3.8) is 0 Å². The molecular weight excluding hydrogens is 286 g/mol. The van der Waals surface area contributed by atoms with Gasteiger partial charge in [0.2, 0.25) is 0 Å². The van der Waals surface area contributed by atoms with E-state index in [9.17, 15) is 0 Å². The molecule has 0 saturated carbocycles. The summed E-state index contributed by atoms with van der Waals surface area (Å²) in [5.41, 5.74) is 1.50. The number of benzene rings is 2. The Labute approximate surface area is 133 Å². The Kier molecular flexibility index (Phi) is 3.70. The van der Waals surface area contributed by atoms with Crippen LogP contribution in [0.2, 0.25) is 0 Å². The number of amidine groups is 2. The molecule has 0 aliphatic carbocycles. The summed E-state index contributed by atoms with van der Waals surface area (Å²) in [6.07, 6.45) is 0. The van der Waals surface area contributed by atoms with Gasteiger partial charge in [-0.15, -0.1) is 0 Å². The lowest BCUT2D eigenvalue weighted by molar-refractivity contribution is 1.34. The first-order valence-electron chi connectivity index (χ1n) is 6.89. The van der Waals surface area contributed by atoms with Crippen molar-refractivity contribution in [2.75, 3.05) is 4.90 Å². The number of hydrogen-bond donors (Lipinski definition) is 1. The topological polar surface area (TPSA) is 87.0 Å². The molecule has 0 fully saturated rings. The van der Waals surface area contributed by atoms with Crippen LogP contribution in [-0.4, -0.2) is 11.7 Å². The fourth-order valence-corrected chi connectivity index (χ4v) is 2.34. The Balaban J connectivity index is 2.21. The van der Waals surface area contributed by atoms with Crippen molar-refractivity contribution in [2.24, 2.45) is 4.99 Å². The van der Waals surface area contributed by atoms with Gasteiger partial charge in [-0.05, 0) is 12.1 Å². The predicted molar refractivity (Wildman–Crippen MR) is 87.9 cm³/mol. The Morgan fingerprint density at radius 1 is 0.913 bits per heavy atom. The van der Waals surface area contributed by atoms with Crippen molar-refractivity contribution < 1.29 is 0 Å². The van der Waals surface area contributed by atoms with Crippen molar-refractivity contribution in [1.29, 1.82) is 15.9 Å². The van der Waals surface area contributed by atoms with E-state index in [0.717, 1.165) is 11.3 Å². The number of rotatable bonds is 2. The summed E-state index contributed by atoms with van der Waals surface area (Å²) < 4.78 is 0. The average molecular weight is 297 g/mol. The minimum Gasteiger partial charge on any atom is -0.282 e. The number of hydrogen-bond acceptors (Lipinski definition) is 4. The van der Waals surface area contributed by atoms with Gasteiger partial charge in [0.1, 0.15) is 23.7 Å². The molecule has 3 rings (SSSR count). The molecule has 0 spiro atoms. The van der Waals surface area contributed by atoms with Crippen LogP contribution in [0, 0.1) is 28.1 Å². The number of anilines is 1. The molecule has 0 radical (unpaired) electrons. The molecule has 0 bridgehead atoms. The highest BCUT2D eigenvalue weighted by Gasteiger charge is 2.31. The minimum atomic E-state index is -0.165. The zero-order chi connectivity index (χ0) is 16.2. The molecule has 0 aromatic heterocycles. The van der Waals surface area contributed by atoms with Crippen LogP contribution < -0.4 is 4.90 Å². The van der Waals surface area contributed by atoms with Crippen LogP contribution in [0.4, 0.5) is 5.69 Å². The molecule has 2 aromatic carbocycles. The normalized spacial score (nSPS) is 13.3. The van der Waals surface area contributed by atoms with E-state index in [1.165, 1.54) is 0 Å². The standard InChI is InChI=1S/C18H11N5/c19-11-14(12-20)16-17(21)23(15-9-5-2-6-10-15)18(22-16)13-7-3-1-4-8-13/h1-10,21H. The zero-order valence-electron chi connectivity index (χ0n) is 12.1. The summed E-state index contributed by atoms with van der Waals surface area (Å²) in [7, 11) is 0. The Morgan fingerprint density at radius 3 is 2.04 bits per heavy atom. The van der Waals surface area contributed by atoms with Crippen molar-refractivity contribution in [3.8, 4) is 12.1 Å². The lowest BCUT2D eigenvalue weighted by Gasteiger charge is -2.20. The summed E-state index contributed by atoms with van der Waals surface area (Å²) >= 11 is 0. The van der Waals surface area contributed by atoms with Crippen molar-refractivity contribution >= 4 is 17.4 Å². The van der Waals surface area contributed by atoms with Crippen LogP contribution >= 0.6 is 0 Å². The maximum absolute atomic E-state index is 9.10. The maximum Gasteiger partial charge on any atom is 0.159 e. The fourth-order valence-electron chi connectivity index (χ4n) is 2.34. The molecule has 0 unspecified atom stereocenters. The molecule has 108 valence electrons.